The van der Waals surface area contributed by atoms with E-state index in [2.05, 4.69) is 10.6 Å². The number of hydrogen-bond donors (Lipinski definition) is 4. The van der Waals surface area contributed by atoms with Crippen molar-refractivity contribution in [2.45, 2.75) is 19.4 Å². The number of carbonyl (C=O) groups is 2. The Balaban J connectivity index is 2.59. The highest BCUT2D eigenvalue weighted by Crippen LogP contribution is 2.10. The van der Waals surface area contributed by atoms with Crippen LogP contribution in [0.2, 0.25) is 0 Å². The van der Waals surface area contributed by atoms with Gasteiger partial charge in [0.05, 0.1) is 0 Å². The Kier molecular flexibility index (Phi) is 5.13. The molecule has 0 aliphatic carbocycles. The zero-order valence-corrected chi connectivity index (χ0v) is 10.3. The van der Waals surface area contributed by atoms with E-state index in [0.717, 1.165) is 0 Å². The van der Waals surface area contributed by atoms with Gasteiger partial charge in [-0.05, 0) is 31.5 Å². The summed E-state index contributed by atoms with van der Waals surface area (Å²) in [6.45, 7) is 2.40. The Labute approximate surface area is 106 Å². The lowest BCUT2D eigenvalue weighted by atomic mass is 10.2. The van der Waals surface area contributed by atoms with Gasteiger partial charge in [0.2, 0.25) is 0 Å². The van der Waals surface area contributed by atoms with Gasteiger partial charge in [-0.25, -0.2) is 4.79 Å². The van der Waals surface area contributed by atoms with Crippen LogP contribution in [-0.4, -0.2) is 24.5 Å². The normalized spacial score (nSPS) is 11.7. The molecule has 0 spiro atoms. The van der Waals surface area contributed by atoms with Gasteiger partial charge in [0.15, 0.2) is 0 Å². The molecule has 0 fully saturated rings. The molecule has 6 N–H and O–H groups in total. The van der Waals surface area contributed by atoms with Crippen LogP contribution in [0.1, 0.15) is 23.7 Å². The molecule has 0 saturated heterocycles. The smallest absolute Gasteiger partial charge is 0.316 e. The molecule has 0 aliphatic rings. The van der Waals surface area contributed by atoms with Crippen LogP contribution in [-0.2, 0) is 0 Å². The fourth-order valence-electron chi connectivity index (χ4n) is 1.40. The predicted molar refractivity (Wildman–Crippen MR) is 70.2 cm³/mol. The highest BCUT2D eigenvalue weighted by atomic mass is 16.2. The molecule has 0 heterocycles. The maximum absolute atomic E-state index is 11.8. The van der Waals surface area contributed by atoms with Crippen LogP contribution in [0.25, 0.3) is 0 Å². The number of hydrogen-bond acceptors (Lipinski definition) is 3. The lowest BCUT2D eigenvalue weighted by Crippen LogP contribution is -2.29. The second kappa shape index (κ2) is 6.61. The second-order valence-corrected chi connectivity index (χ2v) is 4.09. The Morgan fingerprint density at radius 3 is 2.72 bits per heavy atom. The first-order valence-electron chi connectivity index (χ1n) is 5.69. The van der Waals surface area contributed by atoms with Crippen LogP contribution in [0.4, 0.5) is 10.5 Å². The Morgan fingerprint density at radius 2 is 2.11 bits per heavy atom. The van der Waals surface area contributed by atoms with Crippen molar-refractivity contribution in [1.29, 1.82) is 0 Å². The summed E-state index contributed by atoms with van der Waals surface area (Å²) in [5, 5.41) is 5.16. The highest BCUT2D eigenvalue weighted by molar-refractivity contribution is 5.96. The van der Waals surface area contributed by atoms with E-state index in [1.54, 1.807) is 24.3 Å². The third kappa shape index (κ3) is 4.84. The molecule has 0 radical (unpaired) electrons. The minimum absolute atomic E-state index is 0.0492. The van der Waals surface area contributed by atoms with Gasteiger partial charge in [-0.3, -0.25) is 4.79 Å². The molecule has 1 aromatic rings. The van der Waals surface area contributed by atoms with E-state index in [-0.39, 0.29) is 11.9 Å². The molecule has 0 aliphatic heterocycles. The monoisotopic (exact) mass is 250 g/mol. The minimum atomic E-state index is -0.662. The Morgan fingerprint density at radius 1 is 1.39 bits per heavy atom. The molecule has 0 bridgehead atoms. The third-order valence-corrected chi connectivity index (χ3v) is 2.28. The fraction of sp³-hybridized carbons (Fsp3) is 0.333. The van der Waals surface area contributed by atoms with E-state index in [0.29, 0.717) is 24.2 Å². The van der Waals surface area contributed by atoms with E-state index in [9.17, 15) is 9.59 Å². The summed E-state index contributed by atoms with van der Waals surface area (Å²) < 4.78 is 0. The van der Waals surface area contributed by atoms with Crippen molar-refractivity contribution in [3.05, 3.63) is 29.8 Å². The molecular weight excluding hydrogens is 232 g/mol. The number of carbonyl (C=O) groups excluding carboxylic acids is 2. The van der Waals surface area contributed by atoms with Crippen LogP contribution in [0.5, 0.6) is 0 Å². The number of anilines is 1. The molecule has 0 saturated carbocycles. The largest absolute Gasteiger partial charge is 0.352 e. The molecule has 6 heteroatoms. The van der Waals surface area contributed by atoms with Crippen molar-refractivity contribution < 1.29 is 9.59 Å². The summed E-state index contributed by atoms with van der Waals surface area (Å²) >= 11 is 0. The van der Waals surface area contributed by atoms with Crippen LogP contribution >= 0.6 is 0 Å². The third-order valence-electron chi connectivity index (χ3n) is 2.28. The van der Waals surface area contributed by atoms with Gasteiger partial charge in [0.1, 0.15) is 0 Å². The van der Waals surface area contributed by atoms with Gasteiger partial charge in [0.25, 0.3) is 5.91 Å². The minimum Gasteiger partial charge on any atom is -0.352 e. The fourth-order valence-corrected chi connectivity index (χ4v) is 1.40. The number of urea groups is 1. The van der Waals surface area contributed by atoms with Gasteiger partial charge >= 0.3 is 6.03 Å². The van der Waals surface area contributed by atoms with E-state index in [1.807, 2.05) is 6.92 Å². The summed E-state index contributed by atoms with van der Waals surface area (Å²) in [7, 11) is 0. The molecule has 6 nitrogen and oxygen atoms in total. The average molecular weight is 250 g/mol. The maximum atomic E-state index is 11.8. The standard InChI is InChI=1S/C12H18N4O2/c1-8(13)5-6-15-11(17)9-3-2-4-10(7-9)16-12(14)18/h2-4,7-8H,5-6,13H2,1H3,(H,15,17)(H3,14,16,18). The van der Waals surface area contributed by atoms with Crippen LogP contribution in [0, 0.1) is 0 Å². The predicted octanol–water partition coefficient (Wildman–Crippen LogP) is 0.644. The number of nitrogens with two attached hydrogens (primary N) is 2. The highest BCUT2D eigenvalue weighted by Gasteiger charge is 2.06. The van der Waals surface area contributed by atoms with Crippen molar-refractivity contribution in [1.82, 2.24) is 5.32 Å². The molecule has 18 heavy (non-hydrogen) atoms. The number of primary amides is 1. The lowest BCUT2D eigenvalue weighted by Gasteiger charge is -2.08. The van der Waals surface area contributed by atoms with Crippen molar-refractivity contribution in [3.8, 4) is 0 Å². The zero-order chi connectivity index (χ0) is 13.5. The number of rotatable bonds is 5. The second-order valence-electron chi connectivity index (χ2n) is 4.09. The summed E-state index contributed by atoms with van der Waals surface area (Å²) in [5.74, 6) is -0.205. The quantitative estimate of drug-likeness (QED) is 0.615. The van der Waals surface area contributed by atoms with Crippen molar-refractivity contribution >= 4 is 17.6 Å². The molecule has 98 valence electrons. The van der Waals surface area contributed by atoms with Crippen molar-refractivity contribution in [2.75, 3.05) is 11.9 Å². The van der Waals surface area contributed by atoms with E-state index in [1.165, 1.54) is 0 Å². The zero-order valence-electron chi connectivity index (χ0n) is 10.3. The van der Waals surface area contributed by atoms with Gasteiger partial charge in [-0.1, -0.05) is 6.07 Å². The molecule has 1 aromatic carbocycles. The van der Waals surface area contributed by atoms with Gasteiger partial charge < -0.3 is 22.1 Å². The van der Waals surface area contributed by atoms with Crippen LogP contribution in [0.3, 0.4) is 0 Å². The summed E-state index contributed by atoms with van der Waals surface area (Å²) in [4.78, 5) is 22.5. The van der Waals surface area contributed by atoms with E-state index >= 15 is 0 Å². The van der Waals surface area contributed by atoms with Gasteiger partial charge in [-0.15, -0.1) is 0 Å². The van der Waals surface area contributed by atoms with Crippen LogP contribution in [0.15, 0.2) is 24.3 Å². The number of benzene rings is 1. The first-order valence-corrected chi connectivity index (χ1v) is 5.69. The summed E-state index contributed by atoms with van der Waals surface area (Å²) in [6.07, 6.45) is 0.713. The van der Waals surface area contributed by atoms with Crippen molar-refractivity contribution in [2.24, 2.45) is 11.5 Å². The molecule has 1 rings (SSSR count). The molecule has 1 unspecified atom stereocenters. The summed E-state index contributed by atoms with van der Waals surface area (Å²) in [6, 6.07) is 5.94. The lowest BCUT2D eigenvalue weighted by molar-refractivity contribution is 0.0953. The van der Waals surface area contributed by atoms with E-state index in [4.69, 9.17) is 11.5 Å². The average Bonchev–Trinajstić information content (AvgIpc) is 2.27. The van der Waals surface area contributed by atoms with Crippen LogP contribution < -0.4 is 22.1 Å². The Hall–Kier alpha value is -2.08. The SMILES string of the molecule is CC(N)CCNC(=O)c1cccc(NC(N)=O)c1. The summed E-state index contributed by atoms with van der Waals surface area (Å²) in [5.41, 5.74) is 11.5. The van der Waals surface area contributed by atoms with Crippen molar-refractivity contribution in [3.63, 3.8) is 0 Å². The van der Waals surface area contributed by atoms with E-state index < -0.39 is 6.03 Å². The Bertz CT molecular complexity index is 432. The van der Waals surface area contributed by atoms with Gasteiger partial charge in [0, 0.05) is 23.8 Å². The first-order chi connectivity index (χ1) is 8.49. The first kappa shape index (κ1) is 14.0. The molecule has 1 atom stereocenters. The molecule has 0 aromatic heterocycles. The molecular formula is C12H18N4O2. The van der Waals surface area contributed by atoms with Gasteiger partial charge in [-0.2, -0.15) is 0 Å². The number of nitrogens with one attached hydrogen (secondary N) is 2. The molecule has 3 amide bonds. The number of amides is 3. The topological polar surface area (TPSA) is 110 Å². The maximum Gasteiger partial charge on any atom is 0.316 e.